The molecule has 0 heterocycles. The Kier molecular flexibility index (Phi) is 12.5. The number of carbonyl (C=O) groups is 1. The number of hydrogen-bond acceptors (Lipinski definition) is 3. The first-order valence-corrected chi connectivity index (χ1v) is 12.3. The van der Waals surface area contributed by atoms with E-state index in [4.69, 9.17) is 4.74 Å². The van der Waals surface area contributed by atoms with E-state index >= 15 is 0 Å². The van der Waals surface area contributed by atoms with Crippen LogP contribution in [0.4, 0.5) is 0 Å². The van der Waals surface area contributed by atoms with Crippen LogP contribution in [0.15, 0.2) is 48.5 Å². The van der Waals surface area contributed by atoms with E-state index < -0.39 is 0 Å². The van der Waals surface area contributed by atoms with Crippen molar-refractivity contribution in [2.45, 2.75) is 96.8 Å². The van der Waals surface area contributed by atoms with Crippen molar-refractivity contribution in [2.24, 2.45) is 0 Å². The van der Waals surface area contributed by atoms with Crippen molar-refractivity contribution in [3.8, 4) is 22.6 Å². The number of benzene rings is 2. The van der Waals surface area contributed by atoms with Crippen molar-refractivity contribution in [3.05, 3.63) is 48.5 Å². The van der Waals surface area contributed by atoms with Gasteiger partial charge in [0.25, 0.3) is 0 Å². The lowest BCUT2D eigenvalue weighted by molar-refractivity contribution is -0.134. The van der Waals surface area contributed by atoms with Gasteiger partial charge in [0.15, 0.2) is 0 Å². The monoisotopic (exact) mass is 424 g/mol. The van der Waals surface area contributed by atoms with Gasteiger partial charge in [-0.3, -0.25) is 4.79 Å². The molecule has 0 aromatic heterocycles. The van der Waals surface area contributed by atoms with Gasteiger partial charge in [-0.2, -0.15) is 0 Å². The molecule has 0 amide bonds. The maximum absolute atomic E-state index is 12.1. The first-order chi connectivity index (χ1) is 15.2. The highest BCUT2D eigenvalue weighted by molar-refractivity contribution is 5.73. The van der Waals surface area contributed by atoms with Gasteiger partial charge in [0.2, 0.25) is 0 Å². The van der Waals surface area contributed by atoms with Crippen molar-refractivity contribution >= 4 is 5.97 Å². The van der Waals surface area contributed by atoms with Crippen molar-refractivity contribution in [1.29, 1.82) is 0 Å². The van der Waals surface area contributed by atoms with Crippen LogP contribution in [0.1, 0.15) is 96.8 Å². The highest BCUT2D eigenvalue weighted by Crippen LogP contribution is 2.24. The second-order valence-electron chi connectivity index (χ2n) is 8.54. The lowest BCUT2D eigenvalue weighted by Gasteiger charge is -2.06. The summed E-state index contributed by atoms with van der Waals surface area (Å²) in [5.74, 6) is 0.685. The van der Waals surface area contributed by atoms with Crippen molar-refractivity contribution < 1.29 is 14.6 Å². The number of ether oxygens (including phenoxy) is 1. The predicted octanol–water partition coefficient (Wildman–Crippen LogP) is 8.45. The van der Waals surface area contributed by atoms with Gasteiger partial charge in [0.05, 0.1) is 0 Å². The first kappa shape index (κ1) is 25.0. The average Bonchev–Trinajstić information content (AvgIpc) is 2.78. The Hall–Kier alpha value is -2.29. The highest BCUT2D eigenvalue weighted by atomic mass is 16.5. The minimum absolute atomic E-state index is 0.152. The Labute approximate surface area is 188 Å². The van der Waals surface area contributed by atoms with E-state index in [0.29, 0.717) is 12.2 Å². The molecule has 0 saturated carbocycles. The minimum Gasteiger partial charge on any atom is -0.508 e. The number of carbonyl (C=O) groups excluding carboxylic acids is 1. The highest BCUT2D eigenvalue weighted by Gasteiger charge is 2.06. The molecule has 0 radical (unpaired) electrons. The molecule has 0 fully saturated rings. The smallest absolute Gasteiger partial charge is 0.311 e. The molecule has 3 heteroatoms. The zero-order chi connectivity index (χ0) is 22.2. The van der Waals surface area contributed by atoms with E-state index in [9.17, 15) is 9.90 Å². The molecule has 170 valence electrons. The number of hydrogen-bond donors (Lipinski definition) is 1. The molecule has 0 aliphatic rings. The summed E-state index contributed by atoms with van der Waals surface area (Å²) in [6, 6.07) is 14.6. The molecule has 0 spiro atoms. The standard InChI is InChI=1S/C28H40O3/c1-2-3-4-5-6-7-8-9-10-11-12-13-14-15-28(30)31-27-22-18-25(19-23-27)24-16-20-26(29)21-17-24/h16-23,29H,2-15H2,1H3. The van der Waals surface area contributed by atoms with Gasteiger partial charge in [-0.1, -0.05) is 108 Å². The summed E-state index contributed by atoms with van der Waals surface area (Å²) in [6.45, 7) is 2.27. The molecular weight excluding hydrogens is 384 g/mol. The van der Waals surface area contributed by atoms with E-state index in [2.05, 4.69) is 6.92 Å². The Balaban J connectivity index is 1.48. The molecule has 0 saturated heterocycles. The van der Waals surface area contributed by atoms with Crippen LogP contribution in [-0.4, -0.2) is 11.1 Å². The second kappa shape index (κ2) is 15.5. The summed E-state index contributed by atoms with van der Waals surface area (Å²) >= 11 is 0. The summed E-state index contributed by atoms with van der Waals surface area (Å²) in [7, 11) is 0. The summed E-state index contributed by atoms with van der Waals surface area (Å²) in [4.78, 5) is 12.1. The Morgan fingerprint density at radius 1 is 0.645 bits per heavy atom. The summed E-state index contributed by atoms with van der Waals surface area (Å²) in [5, 5.41) is 9.38. The van der Waals surface area contributed by atoms with Gasteiger partial charge in [-0.15, -0.1) is 0 Å². The summed E-state index contributed by atoms with van der Waals surface area (Å²) in [6.07, 6.45) is 17.4. The van der Waals surface area contributed by atoms with E-state index in [0.717, 1.165) is 24.0 Å². The topological polar surface area (TPSA) is 46.5 Å². The molecule has 2 rings (SSSR count). The molecule has 0 atom stereocenters. The van der Waals surface area contributed by atoms with Crippen LogP contribution in [0.5, 0.6) is 11.5 Å². The summed E-state index contributed by atoms with van der Waals surface area (Å²) in [5.41, 5.74) is 2.04. The molecule has 0 aliphatic heterocycles. The zero-order valence-corrected chi connectivity index (χ0v) is 19.3. The molecule has 0 unspecified atom stereocenters. The lowest BCUT2D eigenvalue weighted by Crippen LogP contribution is -2.07. The van der Waals surface area contributed by atoms with Crippen LogP contribution < -0.4 is 4.74 Å². The normalized spacial score (nSPS) is 10.9. The minimum atomic E-state index is -0.152. The van der Waals surface area contributed by atoms with E-state index in [1.165, 1.54) is 70.6 Å². The molecule has 31 heavy (non-hydrogen) atoms. The molecule has 0 bridgehead atoms. The van der Waals surface area contributed by atoms with E-state index in [-0.39, 0.29) is 11.7 Å². The van der Waals surface area contributed by atoms with Crippen LogP contribution in [0.25, 0.3) is 11.1 Å². The fourth-order valence-corrected chi connectivity index (χ4v) is 3.84. The molecule has 2 aromatic carbocycles. The maximum atomic E-state index is 12.1. The predicted molar refractivity (Wildman–Crippen MR) is 129 cm³/mol. The first-order valence-electron chi connectivity index (χ1n) is 12.3. The van der Waals surface area contributed by atoms with Gasteiger partial charge in [-0.25, -0.2) is 0 Å². The second-order valence-corrected chi connectivity index (χ2v) is 8.54. The Morgan fingerprint density at radius 2 is 1.06 bits per heavy atom. The number of esters is 1. The average molecular weight is 425 g/mol. The summed E-state index contributed by atoms with van der Waals surface area (Å²) < 4.78 is 5.45. The largest absolute Gasteiger partial charge is 0.508 e. The van der Waals surface area contributed by atoms with E-state index in [1.54, 1.807) is 12.1 Å². The van der Waals surface area contributed by atoms with Gasteiger partial charge in [-0.05, 0) is 41.8 Å². The number of unbranched alkanes of at least 4 members (excludes halogenated alkanes) is 12. The Morgan fingerprint density at radius 3 is 1.55 bits per heavy atom. The fourth-order valence-electron chi connectivity index (χ4n) is 3.84. The lowest BCUT2D eigenvalue weighted by atomic mass is 10.0. The number of aromatic hydroxyl groups is 1. The third-order valence-electron chi connectivity index (χ3n) is 5.77. The van der Waals surface area contributed by atoms with Crippen molar-refractivity contribution in [2.75, 3.05) is 0 Å². The molecule has 0 aliphatic carbocycles. The third kappa shape index (κ3) is 11.1. The zero-order valence-electron chi connectivity index (χ0n) is 19.3. The van der Waals surface area contributed by atoms with Gasteiger partial charge < -0.3 is 9.84 Å². The SMILES string of the molecule is CCCCCCCCCCCCCCCC(=O)Oc1ccc(-c2ccc(O)cc2)cc1. The Bertz CT molecular complexity index is 719. The molecule has 2 aromatic rings. The molecule has 3 nitrogen and oxygen atoms in total. The van der Waals surface area contributed by atoms with Gasteiger partial charge in [0, 0.05) is 6.42 Å². The van der Waals surface area contributed by atoms with Gasteiger partial charge in [0.1, 0.15) is 11.5 Å². The maximum Gasteiger partial charge on any atom is 0.311 e. The van der Waals surface area contributed by atoms with Crippen LogP contribution in [0.2, 0.25) is 0 Å². The number of rotatable bonds is 16. The molecule has 1 N–H and O–H groups in total. The number of phenolic OH excluding ortho intramolecular Hbond substituents is 1. The quantitative estimate of drug-likeness (QED) is 0.167. The van der Waals surface area contributed by atoms with E-state index in [1.807, 2.05) is 36.4 Å². The van der Waals surface area contributed by atoms with Crippen LogP contribution in [0.3, 0.4) is 0 Å². The van der Waals surface area contributed by atoms with Crippen molar-refractivity contribution in [1.82, 2.24) is 0 Å². The molecular formula is C28H40O3. The van der Waals surface area contributed by atoms with Crippen LogP contribution in [-0.2, 0) is 4.79 Å². The van der Waals surface area contributed by atoms with Gasteiger partial charge >= 0.3 is 5.97 Å². The van der Waals surface area contributed by atoms with Crippen LogP contribution >= 0.6 is 0 Å². The fraction of sp³-hybridized carbons (Fsp3) is 0.536. The third-order valence-corrected chi connectivity index (χ3v) is 5.77. The van der Waals surface area contributed by atoms with Crippen LogP contribution in [0, 0.1) is 0 Å². The number of phenols is 1. The van der Waals surface area contributed by atoms with Crippen molar-refractivity contribution in [3.63, 3.8) is 0 Å².